The monoisotopic (exact) mass is 364 g/mol. The van der Waals surface area contributed by atoms with Gasteiger partial charge in [-0.15, -0.1) is 20.4 Å². The lowest BCUT2D eigenvalue weighted by atomic mass is 9.97. The van der Waals surface area contributed by atoms with Gasteiger partial charge in [-0.25, -0.2) is 0 Å². The molecule has 1 N–H and O–H groups in total. The Balaban J connectivity index is 1.60. The van der Waals surface area contributed by atoms with Gasteiger partial charge in [0.15, 0.2) is 5.82 Å². The maximum Gasteiger partial charge on any atom is 0.233 e. The summed E-state index contributed by atoms with van der Waals surface area (Å²) in [5, 5.41) is 20.2. The van der Waals surface area contributed by atoms with Crippen molar-refractivity contribution in [2.75, 3.05) is 37.5 Å². The van der Waals surface area contributed by atoms with Crippen molar-refractivity contribution in [3.05, 3.63) is 17.1 Å². The van der Waals surface area contributed by atoms with E-state index in [-0.39, 0.29) is 11.8 Å². The Morgan fingerprint density at radius 1 is 1.32 bits per heavy atom. The van der Waals surface area contributed by atoms with E-state index in [1.54, 1.807) is 20.3 Å². The Bertz CT molecular complexity index is 708. The van der Waals surface area contributed by atoms with Gasteiger partial charge in [-0.1, -0.05) is 11.3 Å². The highest BCUT2D eigenvalue weighted by atomic mass is 32.1. The topological polar surface area (TPSA) is 102 Å². The van der Waals surface area contributed by atoms with Gasteiger partial charge in [0, 0.05) is 26.3 Å². The molecule has 3 rings (SSSR count). The van der Waals surface area contributed by atoms with Crippen LogP contribution in [0.4, 0.5) is 10.9 Å². The number of ether oxygens (including phenoxy) is 2. The molecule has 1 saturated heterocycles. The summed E-state index contributed by atoms with van der Waals surface area (Å²) >= 11 is 1.32. The van der Waals surface area contributed by atoms with Crippen LogP contribution in [-0.2, 0) is 16.1 Å². The largest absolute Gasteiger partial charge is 0.480 e. The molecule has 1 aliphatic heterocycles. The highest BCUT2D eigenvalue weighted by molar-refractivity contribution is 7.15. The maximum atomic E-state index is 12.5. The predicted octanol–water partition coefficient (Wildman–Crippen LogP) is 1.34. The van der Waals surface area contributed by atoms with Gasteiger partial charge in [-0.2, -0.15) is 0 Å². The van der Waals surface area contributed by atoms with Gasteiger partial charge in [-0.05, 0) is 18.9 Å². The van der Waals surface area contributed by atoms with E-state index in [4.69, 9.17) is 9.47 Å². The van der Waals surface area contributed by atoms with E-state index >= 15 is 0 Å². The van der Waals surface area contributed by atoms with Gasteiger partial charge < -0.3 is 19.7 Å². The zero-order valence-corrected chi connectivity index (χ0v) is 15.0. The quantitative estimate of drug-likeness (QED) is 0.819. The Kier molecular flexibility index (Phi) is 5.71. The van der Waals surface area contributed by atoms with Crippen molar-refractivity contribution in [1.82, 2.24) is 20.4 Å². The first kappa shape index (κ1) is 17.5. The molecule has 25 heavy (non-hydrogen) atoms. The minimum absolute atomic E-state index is 0.0497. The third kappa shape index (κ3) is 4.40. The molecule has 9 nitrogen and oxygen atoms in total. The number of methoxy groups -OCH3 is 2. The first-order chi connectivity index (χ1) is 12.2. The van der Waals surface area contributed by atoms with Crippen molar-refractivity contribution in [3.8, 4) is 5.88 Å². The minimum atomic E-state index is -0.132. The van der Waals surface area contributed by atoms with Crippen molar-refractivity contribution in [1.29, 1.82) is 0 Å². The van der Waals surface area contributed by atoms with Gasteiger partial charge in [0.1, 0.15) is 11.6 Å². The maximum absolute atomic E-state index is 12.5. The van der Waals surface area contributed by atoms with Crippen LogP contribution in [0.5, 0.6) is 5.88 Å². The highest BCUT2D eigenvalue weighted by Crippen LogP contribution is 2.24. The molecule has 1 aliphatic rings. The molecule has 0 bridgehead atoms. The average Bonchev–Trinajstić information content (AvgIpc) is 3.09. The van der Waals surface area contributed by atoms with Crippen LogP contribution in [0.2, 0.25) is 0 Å². The molecule has 1 atom stereocenters. The second-order valence-electron chi connectivity index (χ2n) is 5.64. The van der Waals surface area contributed by atoms with Gasteiger partial charge in [0.2, 0.25) is 16.9 Å². The molecule has 3 heterocycles. The SMILES string of the molecule is COCc1nnc(NC(=O)C2CCCN(c3ccc(OC)nn3)C2)s1. The van der Waals surface area contributed by atoms with Crippen molar-refractivity contribution in [2.45, 2.75) is 19.4 Å². The molecule has 10 heteroatoms. The molecule has 0 aromatic carbocycles. The van der Waals surface area contributed by atoms with Gasteiger partial charge in [0.05, 0.1) is 13.0 Å². The fraction of sp³-hybridized carbons (Fsp3) is 0.533. The highest BCUT2D eigenvalue weighted by Gasteiger charge is 2.27. The van der Waals surface area contributed by atoms with Crippen molar-refractivity contribution in [2.24, 2.45) is 5.92 Å². The number of hydrogen-bond donors (Lipinski definition) is 1. The molecule has 1 unspecified atom stereocenters. The summed E-state index contributed by atoms with van der Waals surface area (Å²) < 4.78 is 10.0. The average molecular weight is 364 g/mol. The first-order valence-electron chi connectivity index (χ1n) is 7.94. The summed E-state index contributed by atoms with van der Waals surface area (Å²) in [5.41, 5.74) is 0. The third-order valence-corrected chi connectivity index (χ3v) is 4.73. The lowest BCUT2D eigenvalue weighted by molar-refractivity contribution is -0.120. The number of hydrogen-bond acceptors (Lipinski definition) is 9. The van der Waals surface area contributed by atoms with Crippen LogP contribution in [0.25, 0.3) is 0 Å². The number of anilines is 2. The lowest BCUT2D eigenvalue weighted by Gasteiger charge is -2.32. The normalized spacial score (nSPS) is 17.4. The standard InChI is InChI=1S/C15H20N6O3S/c1-23-9-13-19-20-15(25-13)16-14(22)10-4-3-7-21(8-10)11-5-6-12(24-2)18-17-11/h5-6,10H,3-4,7-9H2,1-2H3,(H,16,20,22). The van der Waals surface area contributed by atoms with Crippen molar-refractivity contribution in [3.63, 3.8) is 0 Å². The fourth-order valence-corrected chi connectivity index (χ4v) is 3.40. The molecule has 134 valence electrons. The summed E-state index contributed by atoms with van der Waals surface area (Å²) in [6.45, 7) is 1.83. The van der Waals surface area contributed by atoms with Gasteiger partial charge in [0.25, 0.3) is 0 Å². The first-order valence-corrected chi connectivity index (χ1v) is 8.76. The summed E-state index contributed by atoms with van der Waals surface area (Å²) in [5.74, 6) is 1.04. The zero-order chi connectivity index (χ0) is 17.6. The van der Waals surface area contributed by atoms with Crippen molar-refractivity contribution >= 4 is 28.2 Å². The van der Waals surface area contributed by atoms with E-state index in [0.717, 1.165) is 30.2 Å². The molecule has 0 radical (unpaired) electrons. The predicted molar refractivity (Wildman–Crippen MR) is 92.8 cm³/mol. The van der Waals surface area contributed by atoms with Crippen LogP contribution in [0.15, 0.2) is 12.1 Å². The third-order valence-electron chi connectivity index (χ3n) is 3.92. The molecule has 2 aromatic heterocycles. The molecule has 0 aliphatic carbocycles. The molecular weight excluding hydrogens is 344 g/mol. The van der Waals surface area contributed by atoms with Crippen molar-refractivity contribution < 1.29 is 14.3 Å². The number of piperidine rings is 1. The van der Waals surface area contributed by atoms with E-state index < -0.39 is 0 Å². The number of amides is 1. The molecule has 0 saturated carbocycles. The molecule has 1 amide bonds. The Morgan fingerprint density at radius 2 is 2.20 bits per heavy atom. The molecular formula is C15H20N6O3S. The number of aromatic nitrogens is 4. The second-order valence-corrected chi connectivity index (χ2v) is 6.70. The summed E-state index contributed by atoms with van der Waals surface area (Å²) in [6, 6.07) is 3.62. The van der Waals surface area contributed by atoms with Crippen LogP contribution >= 0.6 is 11.3 Å². The van der Waals surface area contributed by atoms with Gasteiger partial charge in [-0.3, -0.25) is 4.79 Å². The molecule has 2 aromatic rings. The number of nitrogens with zero attached hydrogens (tertiary/aromatic N) is 5. The number of carbonyl (C=O) groups is 1. The molecule has 1 fully saturated rings. The number of carbonyl (C=O) groups excluding carboxylic acids is 1. The number of nitrogens with one attached hydrogen (secondary N) is 1. The fourth-order valence-electron chi connectivity index (χ4n) is 2.68. The Hall–Kier alpha value is -2.33. The van der Waals surface area contributed by atoms with E-state index in [1.807, 2.05) is 6.07 Å². The van der Waals surface area contributed by atoms with Gasteiger partial charge >= 0.3 is 0 Å². The van der Waals surface area contributed by atoms with E-state index in [9.17, 15) is 4.79 Å². The van der Waals surface area contributed by atoms with Crippen LogP contribution < -0.4 is 15.0 Å². The Labute approximate surface area is 149 Å². The second kappa shape index (κ2) is 8.17. The number of rotatable bonds is 6. The lowest BCUT2D eigenvalue weighted by Crippen LogP contribution is -2.41. The van der Waals surface area contributed by atoms with Crippen LogP contribution in [0, 0.1) is 5.92 Å². The van der Waals surface area contributed by atoms with E-state index in [1.165, 1.54) is 11.3 Å². The summed E-state index contributed by atoms with van der Waals surface area (Å²) in [6.07, 6.45) is 1.74. The summed E-state index contributed by atoms with van der Waals surface area (Å²) in [7, 11) is 3.15. The van der Waals surface area contributed by atoms with Crippen LogP contribution in [0.1, 0.15) is 17.8 Å². The molecule has 0 spiro atoms. The van der Waals surface area contributed by atoms with Crippen LogP contribution in [0.3, 0.4) is 0 Å². The van der Waals surface area contributed by atoms with Crippen LogP contribution in [-0.4, -0.2) is 53.6 Å². The van der Waals surface area contributed by atoms with E-state index in [0.29, 0.717) is 24.2 Å². The summed E-state index contributed by atoms with van der Waals surface area (Å²) in [4.78, 5) is 14.6. The van der Waals surface area contributed by atoms with E-state index in [2.05, 4.69) is 30.6 Å². The Morgan fingerprint density at radius 3 is 2.92 bits per heavy atom. The zero-order valence-electron chi connectivity index (χ0n) is 14.1. The minimum Gasteiger partial charge on any atom is -0.480 e. The smallest absolute Gasteiger partial charge is 0.233 e.